The first-order valence-electron chi connectivity index (χ1n) is 16.7. The van der Waals surface area contributed by atoms with Crippen molar-refractivity contribution in [3.63, 3.8) is 0 Å². The summed E-state index contributed by atoms with van der Waals surface area (Å²) in [6, 6.07) is 63.5. The number of nitrogens with zero attached hydrogens (tertiary/aromatic N) is 3. The van der Waals surface area contributed by atoms with Crippen LogP contribution >= 0.6 is 0 Å². The van der Waals surface area contributed by atoms with Gasteiger partial charge in [0.05, 0.1) is 22.8 Å². The lowest BCUT2D eigenvalue weighted by atomic mass is 9.91. The molecule has 0 N–H and O–H groups in total. The third-order valence-electron chi connectivity index (χ3n) is 9.55. The molecule has 0 atom stereocenters. The number of benzene rings is 8. The first-order valence-corrected chi connectivity index (χ1v) is 16.7. The van der Waals surface area contributed by atoms with Crippen LogP contribution in [-0.4, -0.2) is 9.97 Å². The number of fused-ring (bicyclic) bond motifs is 3. The van der Waals surface area contributed by atoms with Gasteiger partial charge in [0.2, 0.25) is 0 Å². The van der Waals surface area contributed by atoms with E-state index in [4.69, 9.17) is 15.2 Å². The lowest BCUT2D eigenvalue weighted by molar-refractivity contribution is 1.23. The summed E-state index contributed by atoms with van der Waals surface area (Å²) < 4.78 is 0. The summed E-state index contributed by atoms with van der Waals surface area (Å²) in [6.45, 7) is 0. The maximum Gasteiger partial charge on any atom is 0.160 e. The fourth-order valence-corrected chi connectivity index (χ4v) is 6.94. The Morgan fingerprint density at radius 3 is 1.52 bits per heavy atom. The molecule has 3 nitrogen and oxygen atoms in total. The van der Waals surface area contributed by atoms with Gasteiger partial charge in [-0.2, -0.15) is 5.26 Å². The van der Waals surface area contributed by atoms with E-state index in [2.05, 4.69) is 146 Å². The second-order valence-electron chi connectivity index (χ2n) is 12.5. The Balaban J connectivity index is 1.07. The van der Waals surface area contributed by atoms with Crippen molar-refractivity contribution in [2.24, 2.45) is 0 Å². The molecule has 0 unspecified atom stereocenters. The molecule has 0 fully saturated rings. The van der Waals surface area contributed by atoms with Gasteiger partial charge in [0.15, 0.2) is 5.82 Å². The van der Waals surface area contributed by atoms with Gasteiger partial charge in [-0.15, -0.1) is 0 Å². The molecule has 3 heteroatoms. The van der Waals surface area contributed by atoms with Crippen LogP contribution in [0.1, 0.15) is 5.56 Å². The molecule has 0 bridgehead atoms. The van der Waals surface area contributed by atoms with Crippen LogP contribution in [0.4, 0.5) is 0 Å². The monoisotopic (exact) mass is 635 g/mol. The molecule has 0 saturated heterocycles. The van der Waals surface area contributed by atoms with Gasteiger partial charge >= 0.3 is 0 Å². The second kappa shape index (κ2) is 12.3. The highest BCUT2D eigenvalue weighted by molar-refractivity contribution is 6.05. The van der Waals surface area contributed by atoms with Crippen molar-refractivity contribution in [3.8, 4) is 62.1 Å². The van der Waals surface area contributed by atoms with Crippen molar-refractivity contribution in [2.75, 3.05) is 0 Å². The summed E-state index contributed by atoms with van der Waals surface area (Å²) in [5.41, 5.74) is 11.5. The van der Waals surface area contributed by atoms with E-state index in [0.29, 0.717) is 11.4 Å². The van der Waals surface area contributed by atoms with Gasteiger partial charge < -0.3 is 0 Å². The molecule has 0 amide bonds. The molecule has 0 saturated carbocycles. The summed E-state index contributed by atoms with van der Waals surface area (Å²) >= 11 is 0. The third kappa shape index (κ3) is 5.26. The minimum Gasteiger partial charge on any atom is -0.228 e. The fraction of sp³-hybridized carbons (Fsp3) is 0. The Bertz CT molecular complexity index is 2740. The average molecular weight is 636 g/mol. The molecule has 1 heterocycles. The molecule has 50 heavy (non-hydrogen) atoms. The molecule has 0 spiro atoms. The predicted molar refractivity (Wildman–Crippen MR) is 206 cm³/mol. The van der Waals surface area contributed by atoms with Gasteiger partial charge in [-0.1, -0.05) is 152 Å². The zero-order chi connectivity index (χ0) is 33.4. The van der Waals surface area contributed by atoms with Crippen LogP contribution in [0.2, 0.25) is 0 Å². The van der Waals surface area contributed by atoms with Crippen molar-refractivity contribution in [3.05, 3.63) is 181 Å². The summed E-state index contributed by atoms with van der Waals surface area (Å²) in [5.74, 6) is 0.711. The van der Waals surface area contributed by atoms with Crippen LogP contribution in [0.15, 0.2) is 176 Å². The Morgan fingerprint density at radius 2 is 0.880 bits per heavy atom. The van der Waals surface area contributed by atoms with E-state index in [-0.39, 0.29) is 0 Å². The standard InChI is InChI=1S/C47H29N3/c48-30-31-13-15-33(16-14-31)34-17-20-35(21-18-34)40-27-28-41(43-10-4-3-9-42(40)43)36-22-24-37(25-23-36)47-49-45-12-6-5-11-44(45)46(50-47)39-26-19-32-7-1-2-8-38(32)29-39/h1-29H. The highest BCUT2D eigenvalue weighted by Crippen LogP contribution is 2.37. The van der Waals surface area contributed by atoms with E-state index >= 15 is 0 Å². The zero-order valence-corrected chi connectivity index (χ0v) is 27.1. The summed E-state index contributed by atoms with van der Waals surface area (Å²) in [4.78, 5) is 10.2. The smallest absolute Gasteiger partial charge is 0.160 e. The minimum atomic E-state index is 0.666. The number of aromatic nitrogens is 2. The van der Waals surface area contributed by atoms with Gasteiger partial charge in [0, 0.05) is 16.5 Å². The lowest BCUT2D eigenvalue weighted by Crippen LogP contribution is -1.95. The van der Waals surface area contributed by atoms with Crippen LogP contribution < -0.4 is 0 Å². The molecule has 9 rings (SSSR count). The number of hydrogen-bond acceptors (Lipinski definition) is 3. The van der Waals surface area contributed by atoms with Crippen molar-refractivity contribution in [1.29, 1.82) is 5.26 Å². The SMILES string of the molecule is N#Cc1ccc(-c2ccc(-c3ccc(-c4ccc(-c5nc(-c6ccc7ccccc7c6)c6ccccc6n5)cc4)c4ccccc34)cc2)cc1. The topological polar surface area (TPSA) is 49.6 Å². The zero-order valence-electron chi connectivity index (χ0n) is 27.1. The van der Waals surface area contributed by atoms with E-state index < -0.39 is 0 Å². The Labute approximate surface area is 290 Å². The number of para-hydroxylation sites is 1. The largest absolute Gasteiger partial charge is 0.228 e. The molecular weight excluding hydrogens is 607 g/mol. The molecule has 0 aliphatic rings. The maximum absolute atomic E-state index is 9.15. The van der Waals surface area contributed by atoms with Gasteiger partial charge in [0.25, 0.3) is 0 Å². The fourth-order valence-electron chi connectivity index (χ4n) is 6.94. The maximum atomic E-state index is 9.15. The summed E-state index contributed by atoms with van der Waals surface area (Å²) in [5, 5.41) is 15.0. The summed E-state index contributed by atoms with van der Waals surface area (Å²) in [6.07, 6.45) is 0. The van der Waals surface area contributed by atoms with E-state index in [0.717, 1.165) is 50.0 Å². The van der Waals surface area contributed by atoms with Crippen LogP contribution in [0.3, 0.4) is 0 Å². The highest BCUT2D eigenvalue weighted by atomic mass is 14.9. The molecular formula is C47H29N3. The van der Waals surface area contributed by atoms with Crippen LogP contribution in [0.5, 0.6) is 0 Å². The van der Waals surface area contributed by atoms with Gasteiger partial charge in [0.1, 0.15) is 0 Å². The Kier molecular flexibility index (Phi) is 7.19. The molecule has 232 valence electrons. The molecule has 0 aliphatic heterocycles. The normalized spacial score (nSPS) is 11.2. The number of nitriles is 1. The Hall–Kier alpha value is -6.89. The van der Waals surface area contributed by atoms with Crippen LogP contribution in [0.25, 0.3) is 88.5 Å². The predicted octanol–water partition coefficient (Wildman–Crippen LogP) is 12.1. The minimum absolute atomic E-state index is 0.666. The lowest BCUT2D eigenvalue weighted by Gasteiger charge is -2.13. The number of hydrogen-bond donors (Lipinski definition) is 0. The molecule has 8 aromatic carbocycles. The van der Waals surface area contributed by atoms with E-state index in [1.165, 1.54) is 32.7 Å². The highest BCUT2D eigenvalue weighted by Gasteiger charge is 2.14. The van der Waals surface area contributed by atoms with Gasteiger partial charge in [-0.25, -0.2) is 9.97 Å². The van der Waals surface area contributed by atoms with E-state index in [1.54, 1.807) is 0 Å². The molecule has 0 radical (unpaired) electrons. The first kappa shape index (κ1) is 29.3. The first-order chi connectivity index (χ1) is 24.7. The Morgan fingerprint density at radius 1 is 0.380 bits per heavy atom. The van der Waals surface area contributed by atoms with E-state index in [1.807, 2.05) is 36.4 Å². The molecule has 1 aromatic heterocycles. The summed E-state index contributed by atoms with van der Waals surface area (Å²) in [7, 11) is 0. The van der Waals surface area contributed by atoms with Crippen LogP contribution in [-0.2, 0) is 0 Å². The van der Waals surface area contributed by atoms with E-state index in [9.17, 15) is 0 Å². The van der Waals surface area contributed by atoms with Crippen molar-refractivity contribution >= 4 is 32.4 Å². The van der Waals surface area contributed by atoms with Crippen molar-refractivity contribution in [1.82, 2.24) is 9.97 Å². The second-order valence-corrected chi connectivity index (χ2v) is 12.5. The molecule has 0 aliphatic carbocycles. The number of rotatable bonds is 5. The van der Waals surface area contributed by atoms with Crippen molar-refractivity contribution in [2.45, 2.75) is 0 Å². The third-order valence-corrected chi connectivity index (χ3v) is 9.55. The van der Waals surface area contributed by atoms with Gasteiger partial charge in [-0.05, 0) is 79.2 Å². The van der Waals surface area contributed by atoms with Crippen LogP contribution in [0, 0.1) is 11.3 Å². The van der Waals surface area contributed by atoms with Gasteiger partial charge in [-0.3, -0.25) is 0 Å². The van der Waals surface area contributed by atoms with Crippen molar-refractivity contribution < 1.29 is 0 Å². The average Bonchev–Trinajstić information content (AvgIpc) is 3.20. The molecule has 9 aromatic rings. The quantitative estimate of drug-likeness (QED) is 0.189.